The minimum atomic E-state index is -0.0544. The zero-order valence-corrected chi connectivity index (χ0v) is 13.2. The number of hydrogen-bond acceptors (Lipinski definition) is 3. The van der Waals surface area contributed by atoms with Crippen molar-refractivity contribution in [2.24, 2.45) is 0 Å². The summed E-state index contributed by atoms with van der Waals surface area (Å²) in [6.45, 7) is 1.53. The van der Waals surface area contributed by atoms with Crippen LogP contribution < -0.4 is 0 Å². The minimum absolute atomic E-state index is 0.00295. The molecular weight excluding hydrogens is 300 g/mol. The molecule has 2 aromatic rings. The number of rotatable bonds is 3. The van der Waals surface area contributed by atoms with Crippen molar-refractivity contribution >= 4 is 17.1 Å². The first-order valence-corrected chi connectivity index (χ1v) is 7.60. The van der Waals surface area contributed by atoms with Crippen LogP contribution >= 0.6 is 0 Å². The molecule has 3 nitrogen and oxygen atoms in total. The molecule has 0 radical (unpaired) electrons. The van der Waals surface area contributed by atoms with E-state index in [1.54, 1.807) is 30.4 Å². The zero-order chi connectivity index (χ0) is 17.1. The topological polar surface area (TPSA) is 54.4 Å². The highest BCUT2D eigenvalue weighted by atomic mass is 16.3. The van der Waals surface area contributed by atoms with E-state index in [1.165, 1.54) is 19.1 Å². The van der Waals surface area contributed by atoms with Crippen molar-refractivity contribution in [3.8, 4) is 5.75 Å². The lowest BCUT2D eigenvalue weighted by molar-refractivity contribution is -0.110. The molecule has 0 bridgehead atoms. The number of aromatic hydroxyl groups is 1. The van der Waals surface area contributed by atoms with Crippen molar-refractivity contribution in [1.82, 2.24) is 0 Å². The minimum Gasteiger partial charge on any atom is -0.508 e. The van der Waals surface area contributed by atoms with Gasteiger partial charge in [0.25, 0.3) is 0 Å². The Hall–Kier alpha value is -3.20. The molecule has 0 spiro atoms. The molecule has 0 aliphatic heterocycles. The third-order valence-corrected chi connectivity index (χ3v) is 3.86. The van der Waals surface area contributed by atoms with Crippen molar-refractivity contribution in [3.05, 3.63) is 95.1 Å². The Morgan fingerprint density at radius 2 is 1.46 bits per heavy atom. The molecular formula is C21H16O3. The van der Waals surface area contributed by atoms with Crippen molar-refractivity contribution in [2.45, 2.75) is 6.92 Å². The van der Waals surface area contributed by atoms with E-state index < -0.39 is 0 Å². The first-order chi connectivity index (χ1) is 11.5. The van der Waals surface area contributed by atoms with Gasteiger partial charge in [0, 0.05) is 5.56 Å². The first-order valence-electron chi connectivity index (χ1n) is 7.60. The monoisotopic (exact) mass is 316 g/mol. The molecule has 0 heterocycles. The van der Waals surface area contributed by atoms with Gasteiger partial charge in [0.2, 0.25) is 0 Å². The van der Waals surface area contributed by atoms with E-state index in [0.717, 1.165) is 22.3 Å². The largest absolute Gasteiger partial charge is 0.508 e. The average Bonchev–Trinajstić information content (AvgIpc) is 2.59. The molecule has 3 rings (SSSR count). The third-order valence-electron chi connectivity index (χ3n) is 3.86. The summed E-state index contributed by atoms with van der Waals surface area (Å²) in [6.07, 6.45) is 6.57. The van der Waals surface area contributed by atoms with E-state index in [9.17, 15) is 14.7 Å². The lowest BCUT2D eigenvalue weighted by Crippen LogP contribution is -1.99. The summed E-state index contributed by atoms with van der Waals surface area (Å²) in [6, 6.07) is 14.3. The van der Waals surface area contributed by atoms with E-state index in [0.29, 0.717) is 5.56 Å². The van der Waals surface area contributed by atoms with Crippen molar-refractivity contribution in [3.63, 3.8) is 0 Å². The van der Waals surface area contributed by atoms with Gasteiger partial charge in [0.15, 0.2) is 11.6 Å². The molecule has 24 heavy (non-hydrogen) atoms. The summed E-state index contributed by atoms with van der Waals surface area (Å²) in [7, 11) is 0. The third kappa shape index (κ3) is 3.25. The van der Waals surface area contributed by atoms with Gasteiger partial charge in [0.1, 0.15) is 5.75 Å². The molecule has 2 aromatic carbocycles. The Bertz CT molecular complexity index is 879. The normalized spacial score (nSPS) is 13.2. The highest BCUT2D eigenvalue weighted by Crippen LogP contribution is 2.31. The second-order valence-electron chi connectivity index (χ2n) is 5.58. The van der Waals surface area contributed by atoms with Gasteiger partial charge in [-0.15, -0.1) is 0 Å². The smallest absolute Gasteiger partial charge is 0.178 e. The van der Waals surface area contributed by atoms with Crippen LogP contribution in [0.4, 0.5) is 0 Å². The number of allylic oxidation sites excluding steroid dienone is 5. The first kappa shape index (κ1) is 15.7. The molecule has 1 aliphatic rings. The Balaban J connectivity index is 2.21. The number of carbonyl (C=O) groups excluding carboxylic acids is 2. The number of Topliss-reactive ketones (excluding diaryl/α,β-unsaturated/α-hetero) is 1. The number of phenolic OH excluding ortho intramolecular Hbond substituents is 1. The van der Waals surface area contributed by atoms with Gasteiger partial charge >= 0.3 is 0 Å². The average molecular weight is 316 g/mol. The van der Waals surface area contributed by atoms with Crippen LogP contribution in [0.3, 0.4) is 0 Å². The molecule has 1 aliphatic carbocycles. The molecule has 0 saturated heterocycles. The highest BCUT2D eigenvalue weighted by molar-refractivity contribution is 6.03. The molecule has 0 unspecified atom stereocenters. The Kier molecular flexibility index (Phi) is 4.25. The number of benzene rings is 2. The van der Waals surface area contributed by atoms with Crippen LogP contribution in [-0.2, 0) is 4.79 Å². The number of carbonyl (C=O) groups is 2. The van der Waals surface area contributed by atoms with Gasteiger partial charge in [-0.3, -0.25) is 9.59 Å². The molecule has 0 atom stereocenters. The standard InChI is InChI=1S/C21H16O3/c1-14(22)17-3-2-4-18(13-17)21(15-5-9-19(23)10-6-15)16-7-11-20(24)12-8-16/h2-13,23H,1H3. The van der Waals surface area contributed by atoms with E-state index in [1.807, 2.05) is 30.3 Å². The van der Waals surface area contributed by atoms with Crippen molar-refractivity contribution in [1.29, 1.82) is 0 Å². The second-order valence-corrected chi connectivity index (χ2v) is 5.58. The Morgan fingerprint density at radius 1 is 0.833 bits per heavy atom. The molecule has 0 fully saturated rings. The fourth-order valence-electron chi connectivity index (χ4n) is 2.64. The van der Waals surface area contributed by atoms with Crippen LogP contribution in [-0.4, -0.2) is 16.7 Å². The fourth-order valence-corrected chi connectivity index (χ4v) is 2.64. The van der Waals surface area contributed by atoms with Gasteiger partial charge in [-0.1, -0.05) is 42.5 Å². The van der Waals surface area contributed by atoms with E-state index >= 15 is 0 Å². The van der Waals surface area contributed by atoms with E-state index in [4.69, 9.17) is 0 Å². The lowest BCUT2D eigenvalue weighted by atomic mass is 9.90. The quantitative estimate of drug-likeness (QED) is 0.868. The van der Waals surface area contributed by atoms with Gasteiger partial charge in [-0.2, -0.15) is 0 Å². The Labute approximate surface area is 140 Å². The molecule has 118 valence electrons. The maximum absolute atomic E-state index is 11.7. The SMILES string of the molecule is CC(=O)c1cccc(C(=C2C=CC(=O)C=C2)c2ccc(O)cc2)c1. The van der Waals surface area contributed by atoms with Crippen LogP contribution in [0.5, 0.6) is 5.75 Å². The summed E-state index contributed by atoms with van der Waals surface area (Å²) in [5, 5.41) is 9.54. The maximum atomic E-state index is 11.7. The predicted molar refractivity (Wildman–Crippen MR) is 93.9 cm³/mol. The van der Waals surface area contributed by atoms with Crippen LogP contribution in [0, 0.1) is 0 Å². The molecule has 0 saturated carbocycles. The van der Waals surface area contributed by atoms with Crippen LogP contribution in [0.1, 0.15) is 28.4 Å². The van der Waals surface area contributed by atoms with Crippen LogP contribution in [0.25, 0.3) is 5.57 Å². The maximum Gasteiger partial charge on any atom is 0.178 e. The lowest BCUT2D eigenvalue weighted by Gasteiger charge is -2.14. The van der Waals surface area contributed by atoms with Crippen molar-refractivity contribution in [2.75, 3.05) is 0 Å². The van der Waals surface area contributed by atoms with E-state index in [-0.39, 0.29) is 17.3 Å². The fraction of sp³-hybridized carbons (Fsp3) is 0.0476. The highest BCUT2D eigenvalue weighted by Gasteiger charge is 2.13. The molecule has 3 heteroatoms. The summed E-state index contributed by atoms with van der Waals surface area (Å²) in [4.78, 5) is 23.1. The molecule has 0 aromatic heterocycles. The summed E-state index contributed by atoms with van der Waals surface area (Å²) < 4.78 is 0. The number of phenols is 1. The number of ketones is 2. The Morgan fingerprint density at radius 3 is 2.08 bits per heavy atom. The zero-order valence-electron chi connectivity index (χ0n) is 13.2. The van der Waals surface area contributed by atoms with Gasteiger partial charge < -0.3 is 5.11 Å². The predicted octanol–water partition coefficient (Wildman–Crippen LogP) is 4.09. The van der Waals surface area contributed by atoms with E-state index in [2.05, 4.69) is 0 Å². The summed E-state index contributed by atoms with van der Waals surface area (Å²) >= 11 is 0. The second kappa shape index (κ2) is 6.50. The summed E-state index contributed by atoms with van der Waals surface area (Å²) in [5.74, 6) is 0.128. The van der Waals surface area contributed by atoms with Gasteiger partial charge in [0.05, 0.1) is 0 Å². The van der Waals surface area contributed by atoms with Gasteiger partial charge in [-0.25, -0.2) is 0 Å². The van der Waals surface area contributed by atoms with Gasteiger partial charge in [-0.05, 0) is 59.5 Å². The van der Waals surface area contributed by atoms with Crippen LogP contribution in [0.2, 0.25) is 0 Å². The molecule has 0 amide bonds. The number of hydrogen-bond donors (Lipinski definition) is 1. The van der Waals surface area contributed by atoms with Crippen LogP contribution in [0.15, 0.2) is 78.4 Å². The summed E-state index contributed by atoms with van der Waals surface area (Å²) in [5.41, 5.74) is 4.18. The molecule has 1 N–H and O–H groups in total. The van der Waals surface area contributed by atoms with Crippen molar-refractivity contribution < 1.29 is 14.7 Å².